The number of carbonyl (C=O) groups is 2. The summed E-state index contributed by atoms with van der Waals surface area (Å²) < 4.78 is 16.0. The zero-order chi connectivity index (χ0) is 22.5. The highest BCUT2D eigenvalue weighted by atomic mass is 32.1. The predicted octanol–water partition coefficient (Wildman–Crippen LogP) is 4.93. The van der Waals surface area contributed by atoms with Gasteiger partial charge in [0.05, 0.1) is 26.0 Å². The van der Waals surface area contributed by atoms with Crippen LogP contribution in [0.4, 0.5) is 9.93 Å². The number of benzene rings is 1. The summed E-state index contributed by atoms with van der Waals surface area (Å²) in [5.74, 6) is 0.371. The van der Waals surface area contributed by atoms with Crippen molar-refractivity contribution in [2.45, 2.75) is 59.1 Å². The van der Waals surface area contributed by atoms with Gasteiger partial charge in [0.2, 0.25) is 0 Å². The average Bonchev–Trinajstić information content (AvgIpc) is 3.16. The second kappa shape index (κ2) is 9.47. The van der Waals surface area contributed by atoms with E-state index >= 15 is 0 Å². The minimum absolute atomic E-state index is 0.270. The maximum atomic E-state index is 12.9. The smallest absolute Gasteiger partial charge is 0.416 e. The molecule has 30 heavy (non-hydrogen) atoms. The molecule has 0 aliphatic carbocycles. The largest absolute Gasteiger partial charge is 0.497 e. The molecule has 1 aromatic heterocycles. The van der Waals surface area contributed by atoms with Crippen LogP contribution in [-0.2, 0) is 26.2 Å². The van der Waals surface area contributed by atoms with Crippen LogP contribution in [0, 0.1) is 0 Å². The van der Waals surface area contributed by atoms with Crippen molar-refractivity contribution in [3.05, 3.63) is 40.9 Å². The Hall–Kier alpha value is -2.61. The number of aromatic nitrogens is 1. The number of ether oxygens (including phenoxy) is 3. The Balaban J connectivity index is 2.35. The second-order valence-electron chi connectivity index (χ2n) is 8.28. The average molecular weight is 435 g/mol. The fourth-order valence-corrected chi connectivity index (χ4v) is 3.51. The van der Waals surface area contributed by atoms with Crippen molar-refractivity contribution in [3.63, 3.8) is 0 Å². The molecule has 8 heteroatoms. The minimum atomic E-state index is -0.926. The lowest BCUT2D eigenvalue weighted by atomic mass is 9.90. The number of nitrogens with zero attached hydrogens (tertiary/aromatic N) is 2. The molecule has 0 unspecified atom stereocenters. The number of hydrogen-bond acceptors (Lipinski definition) is 7. The number of hydrogen-bond donors (Lipinski definition) is 0. The van der Waals surface area contributed by atoms with Gasteiger partial charge in [0.1, 0.15) is 16.8 Å². The molecule has 0 aliphatic heterocycles. The van der Waals surface area contributed by atoms with E-state index < -0.39 is 17.1 Å². The summed E-state index contributed by atoms with van der Waals surface area (Å²) in [6.07, 6.45) is -0.506. The third kappa shape index (κ3) is 5.95. The molecule has 0 aliphatic rings. The molecule has 1 aromatic carbocycles. The van der Waals surface area contributed by atoms with Crippen LogP contribution < -0.4 is 9.64 Å². The van der Waals surface area contributed by atoms with E-state index in [0.29, 0.717) is 17.4 Å². The maximum Gasteiger partial charge on any atom is 0.416 e. The van der Waals surface area contributed by atoms with Crippen LogP contribution in [-0.4, -0.2) is 36.4 Å². The third-order valence-electron chi connectivity index (χ3n) is 4.26. The molecule has 0 saturated heterocycles. The monoisotopic (exact) mass is 434 g/mol. The summed E-state index contributed by atoms with van der Waals surface area (Å²) in [5, 5.41) is 2.23. The van der Waals surface area contributed by atoms with Crippen LogP contribution in [0.3, 0.4) is 0 Å². The standard InChI is InChI=1S/C22H30N2O5S/c1-8-28-18(25)22(5,6)17-14-30-19(23-17)24(20(26)29-21(2,3)4)13-15-9-11-16(27-7)12-10-15/h9-12,14H,8,13H2,1-7H3. The SMILES string of the molecule is CCOC(=O)C(C)(C)c1csc(N(Cc2ccc(OC)cc2)C(=O)OC(C)(C)C)n1. The van der Waals surface area contributed by atoms with Gasteiger partial charge in [0, 0.05) is 5.38 Å². The van der Waals surface area contributed by atoms with Gasteiger partial charge in [0.25, 0.3) is 0 Å². The van der Waals surface area contributed by atoms with Crippen molar-refractivity contribution in [2.24, 2.45) is 0 Å². The number of rotatable bonds is 7. The number of thiazole rings is 1. The summed E-state index contributed by atoms with van der Waals surface area (Å²) in [6.45, 7) is 11.3. The minimum Gasteiger partial charge on any atom is -0.497 e. The highest BCUT2D eigenvalue weighted by Crippen LogP contribution is 2.32. The lowest BCUT2D eigenvalue weighted by Gasteiger charge is -2.26. The van der Waals surface area contributed by atoms with Gasteiger partial charge in [-0.05, 0) is 59.2 Å². The van der Waals surface area contributed by atoms with Crippen molar-refractivity contribution in [3.8, 4) is 5.75 Å². The van der Waals surface area contributed by atoms with Gasteiger partial charge < -0.3 is 14.2 Å². The van der Waals surface area contributed by atoms with E-state index in [-0.39, 0.29) is 12.5 Å². The summed E-state index contributed by atoms with van der Waals surface area (Å²) in [6, 6.07) is 7.43. The van der Waals surface area contributed by atoms with Crippen molar-refractivity contribution in [1.29, 1.82) is 0 Å². The Bertz CT molecular complexity index is 868. The predicted molar refractivity (Wildman–Crippen MR) is 117 cm³/mol. The fourth-order valence-electron chi connectivity index (χ4n) is 2.53. The first-order chi connectivity index (χ1) is 14.0. The van der Waals surface area contributed by atoms with Crippen LogP contribution in [0.25, 0.3) is 0 Å². The molecule has 2 rings (SSSR count). The van der Waals surface area contributed by atoms with Crippen LogP contribution in [0.1, 0.15) is 52.8 Å². The highest BCUT2D eigenvalue weighted by molar-refractivity contribution is 7.14. The molecular weight excluding hydrogens is 404 g/mol. The Kier molecular flexibility index (Phi) is 7.47. The molecule has 0 spiro atoms. The van der Waals surface area contributed by atoms with Gasteiger partial charge in [-0.15, -0.1) is 11.3 Å². The van der Waals surface area contributed by atoms with E-state index in [1.54, 1.807) is 33.3 Å². The lowest BCUT2D eigenvalue weighted by Crippen LogP contribution is -2.37. The van der Waals surface area contributed by atoms with Crippen LogP contribution >= 0.6 is 11.3 Å². The van der Waals surface area contributed by atoms with E-state index in [1.165, 1.54) is 16.2 Å². The number of esters is 1. The zero-order valence-electron chi connectivity index (χ0n) is 18.6. The quantitative estimate of drug-likeness (QED) is 0.575. The molecule has 1 heterocycles. The first-order valence-electron chi connectivity index (χ1n) is 9.74. The van der Waals surface area contributed by atoms with Gasteiger partial charge in [-0.3, -0.25) is 4.79 Å². The van der Waals surface area contributed by atoms with Crippen molar-refractivity contribution in [1.82, 2.24) is 4.98 Å². The zero-order valence-corrected chi connectivity index (χ0v) is 19.5. The van der Waals surface area contributed by atoms with E-state index in [2.05, 4.69) is 4.98 Å². The summed E-state index contributed by atoms with van der Waals surface area (Å²) in [4.78, 5) is 31.3. The van der Waals surface area contributed by atoms with Crippen molar-refractivity contribution in [2.75, 3.05) is 18.6 Å². The third-order valence-corrected chi connectivity index (χ3v) is 5.13. The first kappa shape index (κ1) is 23.7. The van der Waals surface area contributed by atoms with E-state index in [0.717, 1.165) is 11.3 Å². The van der Waals surface area contributed by atoms with E-state index in [1.807, 2.05) is 45.0 Å². The van der Waals surface area contributed by atoms with Crippen LogP contribution in [0.2, 0.25) is 0 Å². The molecule has 2 aromatic rings. The molecule has 0 N–H and O–H groups in total. The highest BCUT2D eigenvalue weighted by Gasteiger charge is 2.35. The van der Waals surface area contributed by atoms with Gasteiger partial charge in [-0.25, -0.2) is 14.7 Å². The van der Waals surface area contributed by atoms with Gasteiger partial charge in [-0.2, -0.15) is 0 Å². The first-order valence-corrected chi connectivity index (χ1v) is 10.6. The molecule has 0 radical (unpaired) electrons. The van der Waals surface area contributed by atoms with E-state index in [9.17, 15) is 9.59 Å². The Morgan fingerprint density at radius 1 is 1.10 bits per heavy atom. The summed E-state index contributed by atoms with van der Waals surface area (Å²) in [5.41, 5.74) is -0.142. The molecule has 1 amide bonds. The van der Waals surface area contributed by atoms with Crippen molar-refractivity contribution >= 4 is 28.5 Å². The Labute approximate surface area is 182 Å². The number of anilines is 1. The number of methoxy groups -OCH3 is 1. The van der Waals surface area contributed by atoms with Gasteiger partial charge in [0.15, 0.2) is 5.13 Å². The topological polar surface area (TPSA) is 78.0 Å². The molecule has 0 saturated carbocycles. The molecule has 0 bridgehead atoms. The fraction of sp³-hybridized carbons (Fsp3) is 0.500. The van der Waals surface area contributed by atoms with Gasteiger partial charge in [-0.1, -0.05) is 12.1 Å². The van der Waals surface area contributed by atoms with E-state index in [4.69, 9.17) is 14.2 Å². The second-order valence-corrected chi connectivity index (χ2v) is 9.11. The maximum absolute atomic E-state index is 12.9. The molecule has 164 valence electrons. The van der Waals surface area contributed by atoms with Gasteiger partial charge >= 0.3 is 12.1 Å². The number of amides is 1. The normalized spacial score (nSPS) is 11.7. The molecule has 0 fully saturated rings. The Morgan fingerprint density at radius 3 is 2.27 bits per heavy atom. The lowest BCUT2D eigenvalue weighted by molar-refractivity contribution is -0.148. The summed E-state index contributed by atoms with van der Waals surface area (Å²) >= 11 is 1.28. The summed E-state index contributed by atoms with van der Waals surface area (Å²) in [7, 11) is 1.60. The Morgan fingerprint density at radius 2 is 1.73 bits per heavy atom. The number of carbonyl (C=O) groups excluding carboxylic acids is 2. The molecular formula is C22H30N2O5S. The van der Waals surface area contributed by atoms with Crippen LogP contribution in [0.15, 0.2) is 29.6 Å². The molecule has 0 atom stereocenters. The van der Waals surface area contributed by atoms with Crippen molar-refractivity contribution < 1.29 is 23.8 Å². The van der Waals surface area contributed by atoms with Crippen LogP contribution in [0.5, 0.6) is 5.75 Å². The molecule has 7 nitrogen and oxygen atoms in total.